The molecule has 6 heteroatoms. The van der Waals surface area contributed by atoms with Crippen LogP contribution in [0.5, 0.6) is 0 Å². The summed E-state index contributed by atoms with van der Waals surface area (Å²) in [7, 11) is 0. The molecule has 3 aromatic rings. The third-order valence-corrected chi connectivity index (χ3v) is 6.68. The molecule has 0 spiro atoms. The Kier molecular flexibility index (Phi) is 6.85. The molecule has 2 aromatic carbocycles. The Balaban J connectivity index is 1.74. The normalized spacial score (nSPS) is 14.6. The molecular formula is C26H31ClFN3O. The number of aryl methyl sites for hydroxylation is 1. The molecule has 1 aromatic heterocycles. The monoisotopic (exact) mass is 455 g/mol. The highest BCUT2D eigenvalue weighted by molar-refractivity contribution is 6.31. The van der Waals surface area contributed by atoms with Gasteiger partial charge in [-0.3, -0.25) is 4.79 Å². The number of rotatable bonds is 7. The lowest BCUT2D eigenvalue weighted by Gasteiger charge is -2.26. The maximum atomic E-state index is 14.0. The highest BCUT2D eigenvalue weighted by Crippen LogP contribution is 2.35. The smallest absolute Gasteiger partial charge is 0.254 e. The van der Waals surface area contributed by atoms with Crippen LogP contribution in [0.1, 0.15) is 73.7 Å². The van der Waals surface area contributed by atoms with E-state index >= 15 is 0 Å². The highest BCUT2D eigenvalue weighted by Gasteiger charge is 2.26. The van der Waals surface area contributed by atoms with Gasteiger partial charge in [0.25, 0.3) is 5.91 Å². The lowest BCUT2D eigenvalue weighted by atomic mass is 10.1. The largest absolute Gasteiger partial charge is 0.331 e. The van der Waals surface area contributed by atoms with Crippen LogP contribution >= 0.6 is 11.6 Å². The zero-order chi connectivity index (χ0) is 22.8. The number of fused-ring (bicyclic) bond motifs is 1. The van der Waals surface area contributed by atoms with E-state index in [-0.39, 0.29) is 5.91 Å². The molecule has 0 N–H and O–H groups in total. The Bertz CT molecular complexity index is 1120. The van der Waals surface area contributed by atoms with Gasteiger partial charge in [0.15, 0.2) is 0 Å². The van der Waals surface area contributed by atoms with Crippen molar-refractivity contribution in [3.8, 4) is 0 Å². The van der Waals surface area contributed by atoms with Crippen LogP contribution in [-0.2, 0) is 6.54 Å². The van der Waals surface area contributed by atoms with Gasteiger partial charge >= 0.3 is 0 Å². The van der Waals surface area contributed by atoms with Crippen LogP contribution in [0, 0.1) is 18.7 Å². The first-order chi connectivity index (χ1) is 15.3. The minimum absolute atomic E-state index is 0.147. The summed E-state index contributed by atoms with van der Waals surface area (Å²) in [4.78, 5) is 20.3. The van der Waals surface area contributed by atoms with Gasteiger partial charge in [0, 0.05) is 23.2 Å². The second kappa shape index (κ2) is 9.62. The maximum Gasteiger partial charge on any atom is 0.254 e. The van der Waals surface area contributed by atoms with Crippen LogP contribution < -0.4 is 0 Å². The van der Waals surface area contributed by atoms with E-state index in [1.54, 1.807) is 6.07 Å². The molecule has 0 bridgehead atoms. The Hall–Kier alpha value is -2.40. The summed E-state index contributed by atoms with van der Waals surface area (Å²) in [5.74, 6) is 0.785. The summed E-state index contributed by atoms with van der Waals surface area (Å²) in [6.45, 7) is 7.13. The molecule has 170 valence electrons. The van der Waals surface area contributed by atoms with E-state index < -0.39 is 5.82 Å². The molecule has 0 atom stereocenters. The first-order valence-corrected chi connectivity index (χ1v) is 11.9. The van der Waals surface area contributed by atoms with Crippen molar-refractivity contribution in [1.29, 1.82) is 0 Å². The second-order valence-corrected chi connectivity index (χ2v) is 9.77. The van der Waals surface area contributed by atoms with Crippen LogP contribution in [0.2, 0.25) is 5.02 Å². The van der Waals surface area contributed by atoms with Crippen molar-refractivity contribution in [3.05, 3.63) is 64.2 Å². The van der Waals surface area contributed by atoms with Gasteiger partial charge in [0.2, 0.25) is 0 Å². The quantitative estimate of drug-likeness (QED) is 0.387. The summed E-state index contributed by atoms with van der Waals surface area (Å²) in [5.41, 5.74) is 3.12. The van der Waals surface area contributed by atoms with Gasteiger partial charge in [-0.15, -0.1) is 0 Å². The number of aromatic nitrogens is 2. The van der Waals surface area contributed by atoms with E-state index in [9.17, 15) is 9.18 Å². The summed E-state index contributed by atoms with van der Waals surface area (Å²) in [6, 6.07) is 10.6. The zero-order valence-corrected chi connectivity index (χ0v) is 19.8. The average Bonchev–Trinajstić information content (AvgIpc) is 3.39. The molecule has 32 heavy (non-hydrogen) atoms. The maximum absolute atomic E-state index is 14.0. The topological polar surface area (TPSA) is 38.1 Å². The highest BCUT2D eigenvalue weighted by atomic mass is 35.5. The summed E-state index contributed by atoms with van der Waals surface area (Å²) in [5, 5.41) is 0.686. The SMILES string of the molecule is Cc1ccc(F)cc1C(=O)N(CCC(C)C)Cc1nc2ccc(Cl)cc2n1C1CCCC1. The van der Waals surface area contributed by atoms with Gasteiger partial charge in [0.05, 0.1) is 17.6 Å². The lowest BCUT2D eigenvalue weighted by Crippen LogP contribution is -2.34. The fraction of sp³-hybridized carbons (Fsp3) is 0.462. The Morgan fingerprint density at radius 1 is 1.22 bits per heavy atom. The van der Waals surface area contributed by atoms with Gasteiger partial charge in [-0.1, -0.05) is 44.4 Å². The molecule has 0 aliphatic heterocycles. The number of hydrogen-bond donors (Lipinski definition) is 0. The first-order valence-electron chi connectivity index (χ1n) is 11.5. The van der Waals surface area contributed by atoms with Gasteiger partial charge in [-0.25, -0.2) is 9.37 Å². The van der Waals surface area contributed by atoms with Crippen molar-refractivity contribution in [2.75, 3.05) is 6.54 Å². The van der Waals surface area contributed by atoms with E-state index in [4.69, 9.17) is 16.6 Å². The lowest BCUT2D eigenvalue weighted by molar-refractivity contribution is 0.0727. The van der Waals surface area contributed by atoms with Crippen LogP contribution in [0.25, 0.3) is 11.0 Å². The molecule has 0 saturated heterocycles. The summed E-state index contributed by atoms with van der Waals surface area (Å²) < 4.78 is 16.3. The molecular weight excluding hydrogens is 425 g/mol. The second-order valence-electron chi connectivity index (χ2n) is 9.34. The van der Waals surface area contributed by atoms with Crippen LogP contribution in [0.15, 0.2) is 36.4 Å². The standard InChI is InChI=1S/C26H31ClFN3O/c1-17(2)12-13-30(26(32)22-15-20(28)10-8-18(22)3)16-25-29-23-11-9-19(27)14-24(23)31(25)21-6-4-5-7-21/h8-11,14-15,17,21H,4-7,12-13,16H2,1-3H3. The van der Waals surface area contributed by atoms with E-state index in [1.165, 1.54) is 25.0 Å². The number of amides is 1. The molecule has 1 amide bonds. The molecule has 1 aliphatic carbocycles. The summed E-state index contributed by atoms with van der Waals surface area (Å²) in [6.07, 6.45) is 5.48. The first kappa shape index (κ1) is 22.8. The molecule has 4 nitrogen and oxygen atoms in total. The summed E-state index contributed by atoms with van der Waals surface area (Å²) >= 11 is 6.32. The average molecular weight is 456 g/mol. The minimum Gasteiger partial charge on any atom is -0.331 e. The van der Waals surface area contributed by atoms with Crippen molar-refractivity contribution >= 4 is 28.5 Å². The third-order valence-electron chi connectivity index (χ3n) is 6.44. The van der Waals surface area contributed by atoms with Gasteiger partial charge < -0.3 is 9.47 Å². The number of carbonyl (C=O) groups is 1. The van der Waals surface area contributed by atoms with Crippen molar-refractivity contribution in [2.24, 2.45) is 5.92 Å². The number of nitrogens with zero attached hydrogens (tertiary/aromatic N) is 3. The predicted molar refractivity (Wildman–Crippen MR) is 128 cm³/mol. The minimum atomic E-state index is -0.393. The third kappa shape index (κ3) is 4.83. The Morgan fingerprint density at radius 3 is 2.69 bits per heavy atom. The van der Waals surface area contributed by atoms with Crippen molar-refractivity contribution in [1.82, 2.24) is 14.5 Å². The Labute approximate surface area is 194 Å². The molecule has 1 saturated carbocycles. The van der Waals surface area contributed by atoms with Gasteiger partial charge in [-0.2, -0.15) is 0 Å². The van der Waals surface area contributed by atoms with Gasteiger partial charge in [-0.05, 0) is 68.0 Å². The zero-order valence-electron chi connectivity index (χ0n) is 19.1. The number of hydrogen-bond acceptors (Lipinski definition) is 2. The number of imidazole rings is 1. The van der Waals surface area contributed by atoms with Crippen LogP contribution in [0.4, 0.5) is 4.39 Å². The predicted octanol–water partition coefficient (Wildman–Crippen LogP) is 6.94. The van der Waals surface area contributed by atoms with Gasteiger partial charge in [0.1, 0.15) is 11.6 Å². The van der Waals surface area contributed by atoms with Crippen LogP contribution in [-0.4, -0.2) is 26.9 Å². The number of halogens is 2. The van der Waals surface area contributed by atoms with E-state index in [1.807, 2.05) is 30.0 Å². The fourth-order valence-electron chi connectivity index (χ4n) is 4.63. The van der Waals surface area contributed by atoms with E-state index in [2.05, 4.69) is 18.4 Å². The van der Waals surface area contributed by atoms with Crippen molar-refractivity contribution in [3.63, 3.8) is 0 Å². The molecule has 0 radical (unpaired) electrons. The van der Waals surface area contributed by atoms with Crippen molar-refractivity contribution < 1.29 is 9.18 Å². The van der Waals surface area contributed by atoms with Crippen molar-refractivity contribution in [2.45, 2.75) is 65.5 Å². The molecule has 1 fully saturated rings. The molecule has 1 aliphatic rings. The molecule has 1 heterocycles. The number of carbonyl (C=O) groups excluding carboxylic acids is 1. The fourth-order valence-corrected chi connectivity index (χ4v) is 4.80. The number of benzene rings is 2. The van der Waals surface area contributed by atoms with Crippen LogP contribution in [0.3, 0.4) is 0 Å². The molecule has 4 rings (SSSR count). The van der Waals surface area contributed by atoms with E-state index in [0.29, 0.717) is 35.6 Å². The molecule has 0 unspecified atom stereocenters. The Morgan fingerprint density at radius 2 is 1.97 bits per heavy atom. The van der Waals surface area contributed by atoms with E-state index in [0.717, 1.165) is 41.7 Å².